The molecule has 0 unspecified atom stereocenters. The molecule has 0 saturated carbocycles. The summed E-state index contributed by atoms with van der Waals surface area (Å²) in [5.41, 5.74) is 6.93. The second-order valence-electron chi connectivity index (χ2n) is 7.02. The zero-order chi connectivity index (χ0) is 19.0. The zero-order valence-electron chi connectivity index (χ0n) is 15.5. The molecule has 0 fully saturated rings. The van der Waals surface area contributed by atoms with Crippen LogP contribution in [0.15, 0.2) is 66.7 Å². The van der Waals surface area contributed by atoms with E-state index in [1.54, 1.807) is 24.3 Å². The Bertz CT molecular complexity index is 1000. The first kappa shape index (κ1) is 17.2. The van der Waals surface area contributed by atoms with Gasteiger partial charge in [-0.1, -0.05) is 54.6 Å². The van der Waals surface area contributed by atoms with Gasteiger partial charge in [-0.3, -0.25) is 14.5 Å². The van der Waals surface area contributed by atoms with Crippen LogP contribution < -0.4 is 0 Å². The van der Waals surface area contributed by atoms with E-state index in [9.17, 15) is 9.59 Å². The molecule has 0 aromatic heterocycles. The van der Waals surface area contributed by atoms with Crippen LogP contribution in [0, 0.1) is 13.8 Å². The number of amides is 2. The lowest BCUT2D eigenvalue weighted by Gasteiger charge is -2.17. The van der Waals surface area contributed by atoms with E-state index in [4.69, 9.17) is 0 Å². The number of hydrogen-bond acceptors (Lipinski definition) is 2. The highest BCUT2D eigenvalue weighted by atomic mass is 16.2. The topological polar surface area (TPSA) is 37.4 Å². The second kappa shape index (κ2) is 6.84. The Labute approximate surface area is 159 Å². The molecular weight excluding hydrogens is 334 g/mol. The Kier molecular flexibility index (Phi) is 4.36. The number of imide groups is 1. The predicted octanol–water partition coefficient (Wildman–Crippen LogP) is 4.81. The number of fused-ring (bicyclic) bond motifs is 1. The van der Waals surface area contributed by atoms with Crippen molar-refractivity contribution in [3.63, 3.8) is 0 Å². The summed E-state index contributed by atoms with van der Waals surface area (Å²) in [5.74, 6) is -0.388. The first-order valence-corrected chi connectivity index (χ1v) is 9.17. The Morgan fingerprint density at radius 1 is 0.704 bits per heavy atom. The second-order valence-corrected chi connectivity index (χ2v) is 7.02. The molecule has 1 aliphatic heterocycles. The fraction of sp³-hybridized carbons (Fsp3) is 0.167. The molecule has 0 aliphatic carbocycles. The molecule has 0 bridgehead atoms. The number of hydrogen-bond donors (Lipinski definition) is 0. The fourth-order valence-corrected chi connectivity index (χ4v) is 3.64. The molecule has 134 valence electrons. The molecule has 0 atom stereocenters. The molecule has 1 heterocycles. The first-order valence-electron chi connectivity index (χ1n) is 9.17. The molecule has 3 aromatic rings. The van der Waals surface area contributed by atoms with Crippen molar-refractivity contribution in [1.29, 1.82) is 0 Å². The van der Waals surface area contributed by atoms with Gasteiger partial charge in [0.2, 0.25) is 0 Å². The molecule has 0 N–H and O–H groups in total. The summed E-state index contributed by atoms with van der Waals surface area (Å²) in [6.45, 7) is 4.58. The van der Waals surface area contributed by atoms with E-state index in [1.165, 1.54) is 16.0 Å². The van der Waals surface area contributed by atoms with Crippen molar-refractivity contribution >= 4 is 11.8 Å². The summed E-state index contributed by atoms with van der Waals surface area (Å²) in [5, 5.41) is 0. The van der Waals surface area contributed by atoms with Gasteiger partial charge in [0.05, 0.1) is 11.1 Å². The maximum Gasteiger partial charge on any atom is 0.261 e. The maximum absolute atomic E-state index is 12.6. The zero-order valence-corrected chi connectivity index (χ0v) is 15.5. The van der Waals surface area contributed by atoms with Gasteiger partial charge in [0.25, 0.3) is 11.8 Å². The van der Waals surface area contributed by atoms with Crippen LogP contribution in [0.4, 0.5) is 0 Å². The monoisotopic (exact) mass is 355 g/mol. The van der Waals surface area contributed by atoms with E-state index >= 15 is 0 Å². The molecule has 2 amide bonds. The molecule has 0 spiro atoms. The molecule has 1 aliphatic rings. The van der Waals surface area contributed by atoms with Gasteiger partial charge < -0.3 is 0 Å². The van der Waals surface area contributed by atoms with Gasteiger partial charge in [-0.15, -0.1) is 0 Å². The third-order valence-electron chi connectivity index (χ3n) is 5.29. The first-order chi connectivity index (χ1) is 13.1. The van der Waals surface area contributed by atoms with Gasteiger partial charge in [0.15, 0.2) is 0 Å². The Balaban J connectivity index is 1.64. The molecule has 3 nitrogen and oxygen atoms in total. The van der Waals surface area contributed by atoms with Crippen LogP contribution in [-0.4, -0.2) is 23.3 Å². The van der Waals surface area contributed by atoms with E-state index in [2.05, 4.69) is 38.1 Å². The highest BCUT2D eigenvalue weighted by molar-refractivity contribution is 6.21. The fourth-order valence-electron chi connectivity index (χ4n) is 3.64. The number of nitrogens with zero attached hydrogens (tertiary/aromatic N) is 1. The van der Waals surface area contributed by atoms with Gasteiger partial charge in [0.1, 0.15) is 0 Å². The lowest BCUT2D eigenvalue weighted by molar-refractivity contribution is 0.0656. The van der Waals surface area contributed by atoms with Crippen LogP contribution in [0.25, 0.3) is 11.1 Å². The maximum atomic E-state index is 12.6. The number of carbonyl (C=O) groups excluding carboxylic acids is 2. The summed E-state index contributed by atoms with van der Waals surface area (Å²) < 4.78 is 0. The third-order valence-corrected chi connectivity index (χ3v) is 5.29. The van der Waals surface area contributed by atoms with E-state index < -0.39 is 0 Å². The number of aryl methyl sites for hydroxylation is 2. The summed E-state index contributed by atoms with van der Waals surface area (Å²) in [6, 6.07) is 21.7. The predicted molar refractivity (Wildman–Crippen MR) is 107 cm³/mol. The van der Waals surface area contributed by atoms with Crippen molar-refractivity contribution in [3.05, 3.63) is 94.5 Å². The third kappa shape index (κ3) is 3.06. The van der Waals surface area contributed by atoms with E-state index in [-0.39, 0.29) is 11.8 Å². The van der Waals surface area contributed by atoms with Crippen molar-refractivity contribution in [1.82, 2.24) is 4.90 Å². The van der Waals surface area contributed by atoms with Gasteiger partial charge in [-0.25, -0.2) is 0 Å². The normalized spacial score (nSPS) is 13.2. The van der Waals surface area contributed by atoms with Crippen molar-refractivity contribution in [2.45, 2.75) is 20.3 Å². The summed E-state index contributed by atoms with van der Waals surface area (Å²) in [7, 11) is 0. The average Bonchev–Trinajstić information content (AvgIpc) is 2.94. The lowest BCUT2D eigenvalue weighted by atomic mass is 9.93. The van der Waals surface area contributed by atoms with Gasteiger partial charge >= 0.3 is 0 Å². The Hall–Kier alpha value is -3.20. The van der Waals surface area contributed by atoms with E-state index in [1.807, 2.05) is 18.2 Å². The largest absolute Gasteiger partial charge is 0.274 e. The van der Waals surface area contributed by atoms with Gasteiger partial charge in [-0.2, -0.15) is 0 Å². The van der Waals surface area contributed by atoms with Crippen LogP contribution in [0.3, 0.4) is 0 Å². The van der Waals surface area contributed by atoms with Gasteiger partial charge in [0, 0.05) is 6.54 Å². The molecule has 3 heteroatoms. The van der Waals surface area contributed by atoms with E-state index in [0.29, 0.717) is 24.1 Å². The summed E-state index contributed by atoms with van der Waals surface area (Å²) >= 11 is 0. The number of benzene rings is 3. The molecular formula is C24H21NO2. The standard InChI is InChI=1S/C24H21NO2/c1-16-14-19(22(15-17(16)2)18-8-4-3-5-9-18)12-13-25-23(26)20-10-6-7-11-21(20)24(25)27/h3-11,14-15H,12-13H2,1-2H3. The van der Waals surface area contributed by atoms with E-state index in [0.717, 1.165) is 16.7 Å². The van der Waals surface area contributed by atoms with Crippen LogP contribution in [-0.2, 0) is 6.42 Å². The highest BCUT2D eigenvalue weighted by Crippen LogP contribution is 2.29. The van der Waals surface area contributed by atoms with Crippen LogP contribution in [0.5, 0.6) is 0 Å². The molecule has 4 rings (SSSR count). The summed E-state index contributed by atoms with van der Waals surface area (Å²) in [6.07, 6.45) is 0.636. The number of rotatable bonds is 4. The molecule has 0 saturated heterocycles. The Morgan fingerprint density at radius 2 is 1.26 bits per heavy atom. The quantitative estimate of drug-likeness (QED) is 0.630. The van der Waals surface area contributed by atoms with Crippen molar-refractivity contribution in [3.8, 4) is 11.1 Å². The minimum atomic E-state index is -0.194. The Morgan fingerprint density at radius 3 is 1.89 bits per heavy atom. The van der Waals surface area contributed by atoms with Gasteiger partial charge in [-0.05, 0) is 60.2 Å². The minimum absolute atomic E-state index is 0.194. The smallest absolute Gasteiger partial charge is 0.261 e. The van der Waals surface area contributed by atoms with Crippen LogP contribution in [0.1, 0.15) is 37.4 Å². The van der Waals surface area contributed by atoms with Crippen molar-refractivity contribution < 1.29 is 9.59 Å². The van der Waals surface area contributed by atoms with Crippen LogP contribution in [0.2, 0.25) is 0 Å². The SMILES string of the molecule is Cc1cc(CCN2C(=O)c3ccccc3C2=O)c(-c2ccccc2)cc1C. The summed E-state index contributed by atoms with van der Waals surface area (Å²) in [4.78, 5) is 26.6. The molecule has 0 radical (unpaired) electrons. The lowest BCUT2D eigenvalue weighted by Crippen LogP contribution is -2.31. The molecule has 3 aromatic carbocycles. The number of carbonyl (C=O) groups is 2. The van der Waals surface area contributed by atoms with Crippen molar-refractivity contribution in [2.24, 2.45) is 0 Å². The minimum Gasteiger partial charge on any atom is -0.274 e. The highest BCUT2D eigenvalue weighted by Gasteiger charge is 2.34. The molecule has 27 heavy (non-hydrogen) atoms. The van der Waals surface area contributed by atoms with Crippen LogP contribution >= 0.6 is 0 Å². The average molecular weight is 355 g/mol. The van der Waals surface area contributed by atoms with Crippen molar-refractivity contribution in [2.75, 3.05) is 6.54 Å².